The number of aromatic amines is 1. The van der Waals surface area contributed by atoms with Crippen LogP contribution in [0.2, 0.25) is 5.02 Å². The third kappa shape index (κ3) is 2.46. The number of thiophene rings is 1. The van der Waals surface area contributed by atoms with Crippen molar-refractivity contribution in [2.75, 3.05) is 0 Å². The maximum Gasteiger partial charge on any atom is 0.489 e. The molecule has 3 heterocycles. The number of H-pyrrole nitrogens is 1. The van der Waals surface area contributed by atoms with Gasteiger partial charge in [-0.2, -0.15) is 0 Å². The van der Waals surface area contributed by atoms with Crippen LogP contribution < -0.4 is 5.56 Å². The van der Waals surface area contributed by atoms with E-state index in [9.17, 15) is 18.0 Å². The van der Waals surface area contributed by atoms with Gasteiger partial charge < -0.3 is 4.98 Å². The molecule has 0 fully saturated rings. The second kappa shape index (κ2) is 5.62. The molecule has 0 bridgehead atoms. The predicted octanol–water partition coefficient (Wildman–Crippen LogP) is 5.96. The zero-order valence-corrected chi connectivity index (χ0v) is 15.2. The molecule has 0 aliphatic carbocycles. The third-order valence-corrected chi connectivity index (χ3v) is 5.67. The van der Waals surface area contributed by atoms with Crippen LogP contribution in [0.3, 0.4) is 0 Å². The maximum atomic E-state index is 13.9. The zero-order chi connectivity index (χ0) is 18.8. The van der Waals surface area contributed by atoms with E-state index < -0.39 is 11.9 Å². The summed E-state index contributed by atoms with van der Waals surface area (Å²) in [5, 5.41) is 0.937. The Kier molecular flexibility index (Phi) is 3.71. The van der Waals surface area contributed by atoms with E-state index in [-0.39, 0.29) is 16.2 Å². The average Bonchev–Trinajstić information content (AvgIpc) is 3.07. The molecule has 4 rings (SSSR count). The fraction of sp³-hybridized carbons (Fsp3) is 0.167. The summed E-state index contributed by atoms with van der Waals surface area (Å²) < 4.78 is 42.2. The first kappa shape index (κ1) is 17.2. The molecule has 0 amide bonds. The summed E-state index contributed by atoms with van der Waals surface area (Å²) in [6.07, 6.45) is -4.60. The summed E-state index contributed by atoms with van der Waals surface area (Å²) in [5.41, 5.74) is 0.590. The van der Waals surface area contributed by atoms with Gasteiger partial charge >= 0.3 is 6.30 Å². The first-order valence-electron chi connectivity index (χ1n) is 7.69. The number of hydrogen-bond acceptors (Lipinski definition) is 2. The second-order valence-corrected chi connectivity index (χ2v) is 7.75. The number of nitrogens with zero attached hydrogens (tertiary/aromatic N) is 1. The Morgan fingerprint density at radius 3 is 2.46 bits per heavy atom. The molecule has 0 atom stereocenters. The van der Waals surface area contributed by atoms with E-state index in [1.165, 1.54) is 29.5 Å². The number of pyridine rings is 1. The number of nitrogens with one attached hydrogen (secondary N) is 1. The van der Waals surface area contributed by atoms with Gasteiger partial charge in [0.2, 0.25) is 5.56 Å². The van der Waals surface area contributed by atoms with E-state index in [2.05, 4.69) is 4.98 Å². The largest absolute Gasteiger partial charge is 0.489 e. The van der Waals surface area contributed by atoms with Crippen molar-refractivity contribution >= 4 is 44.7 Å². The second-order valence-electron chi connectivity index (χ2n) is 6.05. The van der Waals surface area contributed by atoms with Gasteiger partial charge in [-0.3, -0.25) is 9.36 Å². The number of fused-ring (bicyclic) bond motifs is 3. The van der Waals surface area contributed by atoms with Crippen LogP contribution >= 0.6 is 22.9 Å². The molecule has 134 valence electrons. The number of halogens is 4. The van der Waals surface area contributed by atoms with Gasteiger partial charge in [-0.25, -0.2) is 0 Å². The first-order valence-corrected chi connectivity index (χ1v) is 8.88. The van der Waals surface area contributed by atoms with Crippen LogP contribution in [0.4, 0.5) is 13.2 Å². The smallest absolute Gasteiger partial charge is 0.322 e. The number of benzene rings is 1. The van der Waals surface area contributed by atoms with Crippen molar-refractivity contribution in [3.63, 3.8) is 0 Å². The number of alkyl halides is 3. The van der Waals surface area contributed by atoms with E-state index in [1.807, 2.05) is 6.92 Å². The maximum absolute atomic E-state index is 13.9. The van der Waals surface area contributed by atoms with Crippen molar-refractivity contribution in [1.82, 2.24) is 9.55 Å². The molecular formula is C18H12ClF3N2OS. The molecule has 0 spiro atoms. The third-order valence-electron chi connectivity index (χ3n) is 4.36. The minimum Gasteiger partial charge on any atom is -0.322 e. The first-order chi connectivity index (χ1) is 12.2. The quantitative estimate of drug-likeness (QED) is 0.423. The van der Waals surface area contributed by atoms with Crippen molar-refractivity contribution in [1.29, 1.82) is 0 Å². The standard InChI is InChI=1S/C18H12ClF3N2OS/c1-8-3-6-13(26-8)17-9(2)15-12(24(17)18(20,21)22)5-4-11-16(15)10(19)7-14(25)23-11/h3-7H,1-2H3,(H,23,25). The Labute approximate surface area is 154 Å². The van der Waals surface area contributed by atoms with Gasteiger partial charge in [0.1, 0.15) is 0 Å². The highest BCUT2D eigenvalue weighted by Gasteiger charge is 2.37. The van der Waals surface area contributed by atoms with E-state index in [0.717, 1.165) is 4.88 Å². The van der Waals surface area contributed by atoms with Crippen LogP contribution in [-0.2, 0) is 6.30 Å². The summed E-state index contributed by atoms with van der Waals surface area (Å²) in [6, 6.07) is 7.49. The van der Waals surface area contributed by atoms with Crippen molar-refractivity contribution in [3.8, 4) is 10.6 Å². The fourth-order valence-corrected chi connectivity index (χ4v) is 4.65. The highest BCUT2D eigenvalue weighted by Crippen LogP contribution is 2.44. The molecule has 0 aliphatic heterocycles. The van der Waals surface area contributed by atoms with Gasteiger partial charge in [0, 0.05) is 21.7 Å². The van der Waals surface area contributed by atoms with E-state index in [0.29, 0.717) is 31.3 Å². The molecule has 0 saturated heterocycles. The lowest BCUT2D eigenvalue weighted by Gasteiger charge is -2.14. The summed E-state index contributed by atoms with van der Waals surface area (Å²) in [7, 11) is 0. The average molecular weight is 397 g/mol. The lowest BCUT2D eigenvalue weighted by atomic mass is 10.1. The van der Waals surface area contributed by atoms with Crippen molar-refractivity contribution in [2.45, 2.75) is 20.1 Å². The molecular weight excluding hydrogens is 385 g/mol. The highest BCUT2D eigenvalue weighted by atomic mass is 35.5. The Hall–Kier alpha value is -2.25. The molecule has 4 aromatic rings. The van der Waals surface area contributed by atoms with Crippen molar-refractivity contribution < 1.29 is 13.2 Å². The molecule has 0 radical (unpaired) electrons. The van der Waals surface area contributed by atoms with Gasteiger partial charge in [0.05, 0.1) is 26.6 Å². The van der Waals surface area contributed by atoms with Gasteiger partial charge in [-0.05, 0) is 43.7 Å². The molecule has 1 N–H and O–H groups in total. The summed E-state index contributed by atoms with van der Waals surface area (Å²) in [5.74, 6) is 0. The summed E-state index contributed by atoms with van der Waals surface area (Å²) >= 11 is 7.53. The Morgan fingerprint density at radius 2 is 1.85 bits per heavy atom. The molecule has 8 heteroatoms. The van der Waals surface area contributed by atoms with Crippen molar-refractivity contribution in [3.05, 3.63) is 56.1 Å². The molecule has 1 aromatic carbocycles. The monoisotopic (exact) mass is 396 g/mol. The Balaban J connectivity index is 2.26. The van der Waals surface area contributed by atoms with Gasteiger partial charge in [0.15, 0.2) is 0 Å². The molecule has 0 saturated carbocycles. The summed E-state index contributed by atoms with van der Waals surface area (Å²) in [4.78, 5) is 15.7. The van der Waals surface area contributed by atoms with Crippen LogP contribution in [0.15, 0.2) is 35.1 Å². The fourth-order valence-electron chi connectivity index (χ4n) is 3.39. The Morgan fingerprint density at radius 1 is 1.12 bits per heavy atom. The molecule has 3 aromatic heterocycles. The minimum atomic E-state index is -4.60. The van der Waals surface area contributed by atoms with Gasteiger partial charge in [-0.15, -0.1) is 24.5 Å². The van der Waals surface area contributed by atoms with Crippen LogP contribution in [0.25, 0.3) is 32.4 Å². The Bertz CT molecular complexity index is 1230. The van der Waals surface area contributed by atoms with E-state index >= 15 is 0 Å². The number of aromatic nitrogens is 2. The normalized spacial score (nSPS) is 12.4. The van der Waals surface area contributed by atoms with Crippen LogP contribution in [0, 0.1) is 13.8 Å². The minimum absolute atomic E-state index is 0.0116. The van der Waals surface area contributed by atoms with Gasteiger partial charge in [-0.1, -0.05) is 11.6 Å². The SMILES string of the molecule is Cc1ccc(-c2c(C)c3c4c(Cl)cc(=O)[nH]c4ccc3n2C(F)(F)F)s1. The number of aryl methyl sites for hydroxylation is 2. The molecule has 0 aliphatic rings. The van der Waals surface area contributed by atoms with Crippen LogP contribution in [0.1, 0.15) is 10.4 Å². The number of rotatable bonds is 1. The molecule has 26 heavy (non-hydrogen) atoms. The van der Waals surface area contributed by atoms with Gasteiger partial charge in [0.25, 0.3) is 0 Å². The topological polar surface area (TPSA) is 37.8 Å². The highest BCUT2D eigenvalue weighted by molar-refractivity contribution is 7.15. The lowest BCUT2D eigenvalue weighted by Crippen LogP contribution is -2.17. The lowest BCUT2D eigenvalue weighted by molar-refractivity contribution is -0.199. The van der Waals surface area contributed by atoms with E-state index in [1.54, 1.807) is 19.1 Å². The molecule has 0 unspecified atom stereocenters. The molecule has 3 nitrogen and oxygen atoms in total. The van der Waals surface area contributed by atoms with Crippen LogP contribution in [0.5, 0.6) is 0 Å². The van der Waals surface area contributed by atoms with Crippen LogP contribution in [-0.4, -0.2) is 9.55 Å². The number of hydrogen-bond donors (Lipinski definition) is 1. The van der Waals surface area contributed by atoms with E-state index in [4.69, 9.17) is 11.6 Å². The summed E-state index contributed by atoms with van der Waals surface area (Å²) in [6.45, 7) is 3.50. The predicted molar refractivity (Wildman–Crippen MR) is 99.2 cm³/mol. The zero-order valence-electron chi connectivity index (χ0n) is 13.7. The van der Waals surface area contributed by atoms with Crippen molar-refractivity contribution in [2.24, 2.45) is 0 Å².